The van der Waals surface area contributed by atoms with Crippen LogP contribution in [0.25, 0.3) is 0 Å². The number of hydrogen-bond donors (Lipinski definition) is 3. The largest absolute Gasteiger partial charge is 0.394 e. The van der Waals surface area contributed by atoms with Gasteiger partial charge in [-0.15, -0.1) is 0 Å². The molecule has 9 heteroatoms. The average molecular weight is 348 g/mol. The lowest BCUT2D eigenvalue weighted by molar-refractivity contribution is -0.297. The van der Waals surface area contributed by atoms with Crippen LogP contribution >= 0.6 is 0 Å². The Bertz CT molecular complexity index is 590. The SMILES string of the molecule is CS(=O)(=O)O[C@@H]1[C@@H](OCc2ccccc2)O[C@@H](CO)[C@@H](O)[C@@H]1O. The van der Waals surface area contributed by atoms with Crippen molar-refractivity contribution >= 4 is 10.1 Å². The Morgan fingerprint density at radius 3 is 2.39 bits per heavy atom. The molecule has 0 bridgehead atoms. The zero-order valence-electron chi connectivity index (χ0n) is 12.5. The number of benzene rings is 1. The molecule has 2 rings (SSSR count). The molecule has 0 unspecified atom stereocenters. The maximum Gasteiger partial charge on any atom is 0.264 e. The van der Waals surface area contributed by atoms with Crippen molar-refractivity contribution in [3.05, 3.63) is 35.9 Å². The molecule has 1 saturated heterocycles. The van der Waals surface area contributed by atoms with Gasteiger partial charge in [-0.2, -0.15) is 8.42 Å². The summed E-state index contributed by atoms with van der Waals surface area (Å²) in [6, 6.07) is 9.03. The van der Waals surface area contributed by atoms with Crippen LogP contribution in [-0.4, -0.2) is 67.3 Å². The minimum absolute atomic E-state index is 0.0795. The van der Waals surface area contributed by atoms with Gasteiger partial charge in [-0.25, -0.2) is 0 Å². The summed E-state index contributed by atoms with van der Waals surface area (Å²) in [5.74, 6) is 0. The topological polar surface area (TPSA) is 123 Å². The summed E-state index contributed by atoms with van der Waals surface area (Å²) < 4.78 is 38.3. The van der Waals surface area contributed by atoms with Crippen LogP contribution in [0.3, 0.4) is 0 Å². The number of aliphatic hydroxyl groups excluding tert-OH is 3. The summed E-state index contributed by atoms with van der Waals surface area (Å²) in [5, 5.41) is 29.1. The maximum atomic E-state index is 11.3. The van der Waals surface area contributed by atoms with E-state index in [9.17, 15) is 23.7 Å². The quantitative estimate of drug-likeness (QED) is 0.559. The Balaban J connectivity index is 2.13. The van der Waals surface area contributed by atoms with E-state index in [1.807, 2.05) is 6.07 Å². The first-order chi connectivity index (χ1) is 10.8. The molecule has 1 aromatic carbocycles. The summed E-state index contributed by atoms with van der Waals surface area (Å²) in [4.78, 5) is 0. The Morgan fingerprint density at radius 1 is 1.17 bits per heavy atom. The molecule has 0 saturated carbocycles. The number of ether oxygens (including phenoxy) is 2. The molecule has 130 valence electrons. The molecule has 1 fully saturated rings. The molecule has 0 radical (unpaired) electrons. The van der Waals surface area contributed by atoms with Crippen molar-refractivity contribution in [2.75, 3.05) is 12.9 Å². The lowest BCUT2D eigenvalue weighted by atomic mass is 9.99. The van der Waals surface area contributed by atoms with Crippen molar-refractivity contribution in [1.82, 2.24) is 0 Å². The van der Waals surface area contributed by atoms with Gasteiger partial charge in [0.1, 0.15) is 18.3 Å². The van der Waals surface area contributed by atoms with Crippen LogP contribution in [0.1, 0.15) is 5.56 Å². The van der Waals surface area contributed by atoms with Gasteiger partial charge in [-0.05, 0) is 5.56 Å². The minimum atomic E-state index is -3.91. The third-order valence-corrected chi connectivity index (χ3v) is 3.94. The van der Waals surface area contributed by atoms with Crippen LogP contribution < -0.4 is 0 Å². The van der Waals surface area contributed by atoms with Crippen molar-refractivity contribution in [2.24, 2.45) is 0 Å². The van der Waals surface area contributed by atoms with E-state index in [-0.39, 0.29) is 6.61 Å². The van der Waals surface area contributed by atoms with E-state index in [0.29, 0.717) is 0 Å². The smallest absolute Gasteiger partial charge is 0.264 e. The van der Waals surface area contributed by atoms with Gasteiger partial charge in [0, 0.05) is 0 Å². The molecule has 23 heavy (non-hydrogen) atoms. The van der Waals surface area contributed by atoms with Crippen molar-refractivity contribution in [3.8, 4) is 0 Å². The van der Waals surface area contributed by atoms with E-state index in [4.69, 9.17) is 13.7 Å². The lowest BCUT2D eigenvalue weighted by Crippen LogP contribution is -2.60. The number of aliphatic hydroxyl groups is 3. The van der Waals surface area contributed by atoms with Crippen LogP contribution in [0, 0.1) is 0 Å². The van der Waals surface area contributed by atoms with Gasteiger partial charge in [0.05, 0.1) is 19.5 Å². The number of hydrogen-bond acceptors (Lipinski definition) is 8. The first-order valence-corrected chi connectivity index (χ1v) is 8.79. The van der Waals surface area contributed by atoms with E-state index < -0.39 is 47.4 Å². The second-order valence-electron chi connectivity index (χ2n) is 5.27. The van der Waals surface area contributed by atoms with Gasteiger partial charge in [0.2, 0.25) is 0 Å². The highest BCUT2D eigenvalue weighted by molar-refractivity contribution is 7.86. The fourth-order valence-corrected chi connectivity index (χ4v) is 2.86. The average Bonchev–Trinajstić information content (AvgIpc) is 2.51. The summed E-state index contributed by atoms with van der Waals surface area (Å²) in [6.07, 6.45) is -6.07. The van der Waals surface area contributed by atoms with E-state index >= 15 is 0 Å². The van der Waals surface area contributed by atoms with Gasteiger partial charge in [-0.1, -0.05) is 30.3 Å². The van der Waals surface area contributed by atoms with Crippen molar-refractivity contribution in [1.29, 1.82) is 0 Å². The van der Waals surface area contributed by atoms with Gasteiger partial charge in [-0.3, -0.25) is 4.18 Å². The standard InChI is InChI=1S/C14H20O8S/c1-23(18,19)22-13-12(17)11(16)10(7-15)21-14(13)20-8-9-5-3-2-4-6-9/h2-6,10-17H,7-8H2,1H3/t10-,11+,12-,13-,14-/m0/s1. The van der Waals surface area contributed by atoms with Crippen molar-refractivity contribution in [3.63, 3.8) is 0 Å². The highest BCUT2D eigenvalue weighted by Gasteiger charge is 2.47. The first-order valence-electron chi connectivity index (χ1n) is 6.98. The number of rotatable bonds is 6. The predicted molar refractivity (Wildman–Crippen MR) is 78.7 cm³/mol. The van der Waals surface area contributed by atoms with E-state index in [1.54, 1.807) is 24.3 Å². The molecule has 3 N–H and O–H groups in total. The molecular weight excluding hydrogens is 328 g/mol. The molecule has 0 amide bonds. The van der Waals surface area contributed by atoms with Gasteiger partial charge < -0.3 is 24.8 Å². The molecule has 1 aliphatic heterocycles. The third kappa shape index (κ3) is 4.95. The third-order valence-electron chi connectivity index (χ3n) is 3.37. The summed E-state index contributed by atoms with van der Waals surface area (Å²) in [7, 11) is -3.91. The van der Waals surface area contributed by atoms with Crippen LogP contribution in [0.15, 0.2) is 30.3 Å². The molecular formula is C14H20O8S. The normalized spacial score (nSPS) is 31.9. The monoisotopic (exact) mass is 348 g/mol. The van der Waals surface area contributed by atoms with E-state index in [1.165, 1.54) is 0 Å². The van der Waals surface area contributed by atoms with E-state index in [2.05, 4.69) is 0 Å². The minimum Gasteiger partial charge on any atom is -0.394 e. The fourth-order valence-electron chi connectivity index (χ4n) is 2.25. The van der Waals surface area contributed by atoms with Crippen LogP contribution in [0.5, 0.6) is 0 Å². The summed E-state index contributed by atoms with van der Waals surface area (Å²) >= 11 is 0. The molecule has 8 nitrogen and oxygen atoms in total. The molecule has 1 aliphatic rings. The second-order valence-corrected chi connectivity index (χ2v) is 6.87. The van der Waals surface area contributed by atoms with Crippen LogP contribution in [0.4, 0.5) is 0 Å². The maximum absolute atomic E-state index is 11.3. The second kappa shape index (κ2) is 7.67. The van der Waals surface area contributed by atoms with Gasteiger partial charge in [0.15, 0.2) is 12.4 Å². The van der Waals surface area contributed by atoms with Crippen molar-refractivity contribution < 1.29 is 37.4 Å². The zero-order chi connectivity index (χ0) is 17.0. The molecule has 1 heterocycles. The Hall–Kier alpha value is -1.07. The Labute approximate surface area is 134 Å². The Morgan fingerprint density at radius 2 is 1.83 bits per heavy atom. The van der Waals surface area contributed by atoms with Gasteiger partial charge in [0.25, 0.3) is 10.1 Å². The summed E-state index contributed by atoms with van der Waals surface area (Å²) in [6.45, 7) is -0.481. The van der Waals surface area contributed by atoms with Crippen LogP contribution in [-0.2, 0) is 30.4 Å². The highest BCUT2D eigenvalue weighted by Crippen LogP contribution is 2.26. The molecule has 0 aromatic heterocycles. The highest BCUT2D eigenvalue weighted by atomic mass is 32.2. The molecule has 0 aliphatic carbocycles. The first kappa shape index (κ1) is 18.3. The zero-order valence-corrected chi connectivity index (χ0v) is 13.3. The fraction of sp³-hybridized carbons (Fsp3) is 0.571. The van der Waals surface area contributed by atoms with Gasteiger partial charge >= 0.3 is 0 Å². The van der Waals surface area contributed by atoms with E-state index in [0.717, 1.165) is 11.8 Å². The van der Waals surface area contributed by atoms with Crippen molar-refractivity contribution in [2.45, 2.75) is 37.3 Å². The summed E-state index contributed by atoms with van der Waals surface area (Å²) in [5.41, 5.74) is 0.801. The Kier molecular flexibility index (Phi) is 6.09. The molecule has 1 aromatic rings. The molecule has 0 spiro atoms. The molecule has 5 atom stereocenters. The lowest BCUT2D eigenvalue weighted by Gasteiger charge is -2.41. The van der Waals surface area contributed by atoms with Crippen LogP contribution in [0.2, 0.25) is 0 Å². The predicted octanol–water partition coefficient (Wildman–Crippen LogP) is -1.01.